The van der Waals surface area contributed by atoms with Crippen LogP contribution in [0.5, 0.6) is 0 Å². The number of nitrogens with one attached hydrogen (secondary N) is 1. The van der Waals surface area contributed by atoms with Gasteiger partial charge in [-0.05, 0) is 42.0 Å². The van der Waals surface area contributed by atoms with E-state index in [9.17, 15) is 4.39 Å². The van der Waals surface area contributed by atoms with Crippen LogP contribution in [0.4, 0.5) is 4.39 Å². The maximum Gasteiger partial charge on any atom is 0.131 e. The molecule has 2 unspecified atom stereocenters. The number of hydrogen-bond donors (Lipinski definition) is 1. The van der Waals surface area contributed by atoms with Crippen molar-refractivity contribution >= 4 is 11.3 Å². The molecule has 2 aromatic rings. The quantitative estimate of drug-likeness (QED) is 0.782. The summed E-state index contributed by atoms with van der Waals surface area (Å²) in [6.07, 6.45) is 1.16. The number of hydrogen-bond acceptors (Lipinski definition) is 2. The van der Waals surface area contributed by atoms with Crippen molar-refractivity contribution in [1.29, 1.82) is 0 Å². The van der Waals surface area contributed by atoms with Crippen molar-refractivity contribution in [2.45, 2.75) is 39.8 Å². The summed E-state index contributed by atoms with van der Waals surface area (Å²) in [6.45, 7) is 7.44. The Balaban J connectivity index is 2.08. The second kappa shape index (κ2) is 7.00. The van der Waals surface area contributed by atoms with E-state index in [4.69, 9.17) is 0 Å². The Labute approximate surface area is 124 Å². The highest BCUT2D eigenvalue weighted by atomic mass is 32.1. The van der Waals surface area contributed by atoms with Crippen LogP contribution in [0.15, 0.2) is 35.7 Å². The average molecular weight is 291 g/mol. The minimum Gasteiger partial charge on any atom is -0.310 e. The Morgan fingerprint density at radius 3 is 2.70 bits per heavy atom. The van der Waals surface area contributed by atoms with Crippen LogP contribution in [0.3, 0.4) is 0 Å². The molecule has 0 bridgehead atoms. The largest absolute Gasteiger partial charge is 0.310 e. The van der Waals surface area contributed by atoms with Crippen LogP contribution in [0, 0.1) is 11.7 Å². The van der Waals surface area contributed by atoms with E-state index in [-0.39, 0.29) is 5.82 Å². The lowest BCUT2D eigenvalue weighted by atomic mass is 10.0. The number of rotatable bonds is 6. The maximum atomic E-state index is 13.9. The van der Waals surface area contributed by atoms with Crippen LogP contribution >= 0.6 is 11.3 Å². The van der Waals surface area contributed by atoms with E-state index < -0.39 is 0 Å². The lowest BCUT2D eigenvalue weighted by molar-refractivity contribution is 0.389. The van der Waals surface area contributed by atoms with Gasteiger partial charge in [-0.25, -0.2) is 4.39 Å². The number of benzene rings is 1. The highest BCUT2D eigenvalue weighted by Gasteiger charge is 2.11. The molecule has 2 rings (SSSR count). The third-order valence-electron chi connectivity index (χ3n) is 3.94. The predicted octanol–water partition coefficient (Wildman–Crippen LogP) is 5.08. The predicted molar refractivity (Wildman–Crippen MR) is 85.5 cm³/mol. The van der Waals surface area contributed by atoms with Gasteiger partial charge in [0.2, 0.25) is 0 Å². The van der Waals surface area contributed by atoms with Gasteiger partial charge in [0, 0.05) is 23.0 Å². The molecular formula is C17H22FNS. The molecule has 1 nitrogen and oxygen atoms in total. The summed E-state index contributed by atoms with van der Waals surface area (Å²) < 4.78 is 13.9. The minimum atomic E-state index is -0.147. The zero-order valence-electron chi connectivity index (χ0n) is 12.3. The SMILES string of the molecule is CCC(C)C(C)NCc1ccc(F)c(-c2cccs2)c1. The van der Waals surface area contributed by atoms with Crippen LogP contribution in [0.2, 0.25) is 0 Å². The summed E-state index contributed by atoms with van der Waals surface area (Å²) >= 11 is 1.57. The van der Waals surface area contributed by atoms with E-state index in [2.05, 4.69) is 26.1 Å². The monoisotopic (exact) mass is 291 g/mol. The molecule has 0 saturated heterocycles. The van der Waals surface area contributed by atoms with Gasteiger partial charge in [-0.2, -0.15) is 0 Å². The molecule has 108 valence electrons. The molecule has 0 radical (unpaired) electrons. The smallest absolute Gasteiger partial charge is 0.131 e. The van der Waals surface area contributed by atoms with Crippen LogP contribution in [-0.2, 0) is 6.54 Å². The molecule has 3 heteroatoms. The Morgan fingerprint density at radius 2 is 2.05 bits per heavy atom. The molecular weight excluding hydrogens is 269 g/mol. The Morgan fingerprint density at radius 1 is 1.25 bits per heavy atom. The van der Waals surface area contributed by atoms with Gasteiger partial charge in [0.25, 0.3) is 0 Å². The second-order valence-corrected chi connectivity index (χ2v) is 6.29. The summed E-state index contributed by atoms with van der Waals surface area (Å²) in [5.41, 5.74) is 1.83. The fraction of sp³-hybridized carbons (Fsp3) is 0.412. The Bertz CT molecular complexity index is 536. The van der Waals surface area contributed by atoms with Gasteiger partial charge in [0.05, 0.1) is 0 Å². The van der Waals surface area contributed by atoms with E-state index in [0.29, 0.717) is 17.5 Å². The van der Waals surface area contributed by atoms with Gasteiger partial charge in [-0.3, -0.25) is 0 Å². The average Bonchev–Trinajstić information content (AvgIpc) is 2.99. The molecule has 0 saturated carbocycles. The second-order valence-electron chi connectivity index (χ2n) is 5.35. The normalized spacial score (nSPS) is 14.2. The van der Waals surface area contributed by atoms with Crippen LogP contribution in [0.1, 0.15) is 32.8 Å². The molecule has 2 atom stereocenters. The zero-order chi connectivity index (χ0) is 14.5. The van der Waals surface area contributed by atoms with Crippen LogP contribution < -0.4 is 5.32 Å². The lowest BCUT2D eigenvalue weighted by Crippen LogP contribution is -2.31. The van der Waals surface area contributed by atoms with E-state index in [1.807, 2.05) is 29.6 Å². The lowest BCUT2D eigenvalue weighted by Gasteiger charge is -2.20. The standard InChI is InChI=1S/C17H22FNS/c1-4-12(2)13(3)19-11-14-7-8-16(18)15(10-14)17-6-5-9-20-17/h5-10,12-13,19H,4,11H2,1-3H3. The van der Waals surface area contributed by atoms with E-state index in [1.54, 1.807) is 17.4 Å². The van der Waals surface area contributed by atoms with Crippen molar-refractivity contribution in [3.63, 3.8) is 0 Å². The summed E-state index contributed by atoms with van der Waals surface area (Å²) in [6, 6.07) is 9.77. The number of halogens is 1. The first-order chi connectivity index (χ1) is 9.61. The summed E-state index contributed by atoms with van der Waals surface area (Å²) in [4.78, 5) is 0.985. The molecule has 0 aliphatic heterocycles. The molecule has 0 amide bonds. The van der Waals surface area contributed by atoms with Gasteiger partial charge in [-0.15, -0.1) is 11.3 Å². The molecule has 1 N–H and O–H groups in total. The fourth-order valence-electron chi connectivity index (χ4n) is 2.14. The zero-order valence-corrected chi connectivity index (χ0v) is 13.1. The molecule has 0 spiro atoms. The molecule has 0 fully saturated rings. The van der Waals surface area contributed by atoms with Gasteiger partial charge in [0.15, 0.2) is 0 Å². The molecule has 0 aliphatic carbocycles. The Kier molecular flexibility index (Phi) is 5.32. The first-order valence-electron chi connectivity index (χ1n) is 7.17. The summed E-state index contributed by atoms with van der Waals surface area (Å²) in [7, 11) is 0. The third kappa shape index (κ3) is 3.68. The van der Waals surface area contributed by atoms with Crippen molar-refractivity contribution in [3.8, 4) is 10.4 Å². The van der Waals surface area contributed by atoms with Crippen molar-refractivity contribution in [1.82, 2.24) is 5.32 Å². The third-order valence-corrected chi connectivity index (χ3v) is 4.85. The van der Waals surface area contributed by atoms with E-state index in [0.717, 1.165) is 23.4 Å². The molecule has 0 aliphatic rings. The van der Waals surface area contributed by atoms with Crippen molar-refractivity contribution < 1.29 is 4.39 Å². The summed E-state index contributed by atoms with van der Waals surface area (Å²) in [5.74, 6) is 0.499. The number of thiophene rings is 1. The fourth-order valence-corrected chi connectivity index (χ4v) is 2.88. The Hall–Kier alpha value is -1.19. The molecule has 20 heavy (non-hydrogen) atoms. The van der Waals surface area contributed by atoms with E-state index in [1.165, 1.54) is 0 Å². The molecule has 1 heterocycles. The van der Waals surface area contributed by atoms with Gasteiger partial charge >= 0.3 is 0 Å². The van der Waals surface area contributed by atoms with Crippen molar-refractivity contribution in [2.75, 3.05) is 0 Å². The van der Waals surface area contributed by atoms with Crippen molar-refractivity contribution in [3.05, 3.63) is 47.1 Å². The van der Waals surface area contributed by atoms with E-state index >= 15 is 0 Å². The molecule has 1 aromatic carbocycles. The van der Waals surface area contributed by atoms with Crippen LogP contribution in [0.25, 0.3) is 10.4 Å². The van der Waals surface area contributed by atoms with Crippen LogP contribution in [-0.4, -0.2) is 6.04 Å². The van der Waals surface area contributed by atoms with Gasteiger partial charge in [-0.1, -0.05) is 32.4 Å². The van der Waals surface area contributed by atoms with Crippen molar-refractivity contribution in [2.24, 2.45) is 5.92 Å². The first-order valence-corrected chi connectivity index (χ1v) is 8.05. The topological polar surface area (TPSA) is 12.0 Å². The highest BCUT2D eigenvalue weighted by Crippen LogP contribution is 2.28. The highest BCUT2D eigenvalue weighted by molar-refractivity contribution is 7.13. The molecule has 1 aromatic heterocycles. The van der Waals surface area contributed by atoms with Gasteiger partial charge in [0.1, 0.15) is 5.82 Å². The van der Waals surface area contributed by atoms with Gasteiger partial charge < -0.3 is 5.32 Å². The first kappa shape index (κ1) is 15.2. The maximum absolute atomic E-state index is 13.9. The minimum absolute atomic E-state index is 0.147. The summed E-state index contributed by atoms with van der Waals surface area (Å²) in [5, 5.41) is 5.50.